The lowest BCUT2D eigenvalue weighted by Crippen LogP contribution is -2.38. The van der Waals surface area contributed by atoms with Gasteiger partial charge in [-0.25, -0.2) is 0 Å². The number of likely N-dealkylation sites (tertiary alicyclic amines) is 1. The number of ketones is 1. The van der Waals surface area contributed by atoms with E-state index >= 15 is 0 Å². The molecule has 3 aromatic rings. The van der Waals surface area contributed by atoms with Crippen molar-refractivity contribution in [2.45, 2.75) is 51.4 Å². The first kappa shape index (κ1) is 25.0. The Hall–Kier alpha value is -2.66. The van der Waals surface area contributed by atoms with Crippen molar-refractivity contribution in [1.82, 2.24) is 9.80 Å². The van der Waals surface area contributed by atoms with Crippen LogP contribution in [0.3, 0.4) is 0 Å². The fourth-order valence-corrected chi connectivity index (χ4v) is 5.66. The predicted molar refractivity (Wildman–Crippen MR) is 145 cm³/mol. The molecule has 0 aromatic heterocycles. The van der Waals surface area contributed by atoms with Gasteiger partial charge in [0, 0.05) is 43.2 Å². The molecule has 0 bridgehead atoms. The van der Waals surface area contributed by atoms with Crippen LogP contribution in [-0.2, 0) is 24.4 Å². The summed E-state index contributed by atoms with van der Waals surface area (Å²) in [6, 6.07) is 26.8. The summed E-state index contributed by atoms with van der Waals surface area (Å²) in [5.41, 5.74) is 3.67. The molecule has 188 valence electrons. The molecule has 5 rings (SSSR count). The first-order valence-electron chi connectivity index (χ1n) is 13.1. The SMILES string of the molecule is O=C(CCC1CCN(Cc2cccc(Cl)c2)CC1)C1CN(Cc2ccccc2)Cc2ccccc2O1. The van der Waals surface area contributed by atoms with Gasteiger partial charge in [-0.1, -0.05) is 72.3 Å². The first-order chi connectivity index (χ1) is 17.6. The van der Waals surface area contributed by atoms with Crippen molar-refractivity contribution in [2.75, 3.05) is 19.6 Å². The van der Waals surface area contributed by atoms with Crippen LogP contribution in [0.1, 0.15) is 42.4 Å². The third kappa shape index (κ3) is 6.76. The summed E-state index contributed by atoms with van der Waals surface area (Å²) in [4.78, 5) is 18.2. The van der Waals surface area contributed by atoms with Crippen LogP contribution < -0.4 is 4.74 Å². The summed E-state index contributed by atoms with van der Waals surface area (Å²) in [6.45, 7) is 5.32. The molecular formula is C31H35ClN2O2. The third-order valence-corrected chi connectivity index (χ3v) is 7.70. The molecule has 5 heteroatoms. The van der Waals surface area contributed by atoms with Gasteiger partial charge in [0.15, 0.2) is 11.9 Å². The number of fused-ring (bicyclic) bond motifs is 1. The van der Waals surface area contributed by atoms with E-state index in [1.54, 1.807) is 0 Å². The maximum absolute atomic E-state index is 13.4. The molecule has 3 aromatic carbocycles. The number of carbonyl (C=O) groups excluding carboxylic acids is 1. The molecule has 1 saturated heterocycles. The van der Waals surface area contributed by atoms with E-state index in [4.69, 9.17) is 16.3 Å². The van der Waals surface area contributed by atoms with Crippen LogP contribution in [0.15, 0.2) is 78.9 Å². The van der Waals surface area contributed by atoms with E-state index in [1.165, 1.54) is 11.1 Å². The highest BCUT2D eigenvalue weighted by Crippen LogP contribution is 2.28. The maximum atomic E-state index is 13.4. The quantitative estimate of drug-likeness (QED) is 0.358. The van der Waals surface area contributed by atoms with E-state index in [0.29, 0.717) is 18.9 Å². The number of benzene rings is 3. The van der Waals surface area contributed by atoms with Gasteiger partial charge in [-0.3, -0.25) is 14.6 Å². The van der Waals surface area contributed by atoms with Gasteiger partial charge in [-0.15, -0.1) is 0 Å². The molecule has 0 spiro atoms. The zero-order chi connectivity index (χ0) is 24.7. The zero-order valence-corrected chi connectivity index (χ0v) is 21.6. The summed E-state index contributed by atoms with van der Waals surface area (Å²) in [6.07, 6.45) is 3.40. The maximum Gasteiger partial charge on any atom is 0.174 e. The number of hydrogen-bond acceptors (Lipinski definition) is 4. The van der Waals surface area contributed by atoms with Crippen molar-refractivity contribution in [3.63, 3.8) is 0 Å². The minimum atomic E-state index is -0.416. The lowest BCUT2D eigenvalue weighted by atomic mass is 9.90. The highest BCUT2D eigenvalue weighted by Gasteiger charge is 2.29. The summed E-state index contributed by atoms with van der Waals surface area (Å²) < 4.78 is 6.31. The van der Waals surface area contributed by atoms with E-state index in [-0.39, 0.29) is 5.78 Å². The van der Waals surface area contributed by atoms with E-state index in [9.17, 15) is 4.79 Å². The molecule has 0 amide bonds. The molecule has 1 fully saturated rings. The second kappa shape index (κ2) is 12.1. The lowest BCUT2D eigenvalue weighted by molar-refractivity contribution is -0.126. The number of nitrogens with zero attached hydrogens (tertiary/aromatic N) is 2. The second-order valence-corrected chi connectivity index (χ2v) is 10.7. The van der Waals surface area contributed by atoms with Gasteiger partial charge in [0.05, 0.1) is 0 Å². The lowest BCUT2D eigenvalue weighted by Gasteiger charge is -2.32. The van der Waals surface area contributed by atoms with Crippen molar-refractivity contribution in [3.05, 3.63) is 101 Å². The third-order valence-electron chi connectivity index (χ3n) is 7.47. The Bertz CT molecular complexity index is 1140. The summed E-state index contributed by atoms with van der Waals surface area (Å²) in [5, 5.41) is 0.798. The molecule has 1 unspecified atom stereocenters. The fourth-order valence-electron chi connectivity index (χ4n) is 5.44. The molecule has 2 heterocycles. The molecule has 1 atom stereocenters. The van der Waals surface area contributed by atoms with Crippen LogP contribution in [0, 0.1) is 5.92 Å². The number of carbonyl (C=O) groups is 1. The number of Topliss-reactive ketones (excluding diaryl/α,β-unsaturated/α-hetero) is 1. The van der Waals surface area contributed by atoms with Crippen molar-refractivity contribution in [1.29, 1.82) is 0 Å². The second-order valence-electron chi connectivity index (χ2n) is 10.2. The van der Waals surface area contributed by atoms with E-state index < -0.39 is 6.10 Å². The number of piperidine rings is 1. The average Bonchev–Trinajstić information content (AvgIpc) is 3.08. The molecule has 4 nitrogen and oxygen atoms in total. The Balaban J connectivity index is 1.15. The van der Waals surface area contributed by atoms with Crippen molar-refractivity contribution in [3.8, 4) is 5.75 Å². The highest BCUT2D eigenvalue weighted by molar-refractivity contribution is 6.30. The Morgan fingerprint density at radius 1 is 0.861 bits per heavy atom. The smallest absolute Gasteiger partial charge is 0.174 e. The van der Waals surface area contributed by atoms with Gasteiger partial charge in [0.25, 0.3) is 0 Å². The molecular weight excluding hydrogens is 468 g/mol. The Kier molecular flexibility index (Phi) is 8.37. The number of ether oxygens (including phenoxy) is 1. The Labute approximate surface area is 219 Å². The topological polar surface area (TPSA) is 32.8 Å². The fraction of sp³-hybridized carbons (Fsp3) is 0.387. The number of hydrogen-bond donors (Lipinski definition) is 0. The van der Waals surface area contributed by atoms with E-state index in [2.05, 4.69) is 52.3 Å². The number of rotatable bonds is 8. The number of halogens is 1. The van der Waals surface area contributed by atoms with Crippen molar-refractivity contribution >= 4 is 17.4 Å². The van der Waals surface area contributed by atoms with E-state index in [0.717, 1.165) is 68.3 Å². The number of para-hydroxylation sites is 1. The standard InChI is InChI=1S/C31H35ClN2O2/c32-28-11-6-9-26(19-28)21-33-17-15-24(16-18-33)13-14-29(35)31-23-34(20-25-7-2-1-3-8-25)22-27-10-4-5-12-30(27)36-31/h1-12,19,24,31H,13-18,20-23H2. The zero-order valence-electron chi connectivity index (χ0n) is 20.8. The van der Waals surface area contributed by atoms with Gasteiger partial charge >= 0.3 is 0 Å². The van der Waals surface area contributed by atoms with Crippen LogP contribution in [0.2, 0.25) is 5.02 Å². The average molecular weight is 503 g/mol. The monoisotopic (exact) mass is 502 g/mol. The Morgan fingerprint density at radius 3 is 2.39 bits per heavy atom. The van der Waals surface area contributed by atoms with Crippen LogP contribution in [0.5, 0.6) is 5.75 Å². The summed E-state index contributed by atoms with van der Waals surface area (Å²) >= 11 is 6.14. The summed E-state index contributed by atoms with van der Waals surface area (Å²) in [5.74, 6) is 1.68. The molecule has 0 saturated carbocycles. The molecule has 0 aliphatic carbocycles. The molecule has 36 heavy (non-hydrogen) atoms. The normalized spacial score (nSPS) is 19.3. The van der Waals surface area contributed by atoms with Gasteiger partial charge < -0.3 is 4.74 Å². The van der Waals surface area contributed by atoms with Gasteiger partial charge in [0.1, 0.15) is 5.75 Å². The van der Waals surface area contributed by atoms with Gasteiger partial charge in [-0.05, 0) is 67.6 Å². The molecule has 2 aliphatic rings. The summed E-state index contributed by atoms with van der Waals surface area (Å²) in [7, 11) is 0. The minimum absolute atomic E-state index is 0.228. The molecule has 0 N–H and O–H groups in total. The molecule has 2 aliphatic heterocycles. The van der Waals surface area contributed by atoms with E-state index in [1.807, 2.05) is 36.4 Å². The van der Waals surface area contributed by atoms with Gasteiger partial charge in [0.2, 0.25) is 0 Å². The van der Waals surface area contributed by atoms with Crippen molar-refractivity contribution in [2.24, 2.45) is 5.92 Å². The van der Waals surface area contributed by atoms with Crippen LogP contribution in [-0.4, -0.2) is 41.3 Å². The van der Waals surface area contributed by atoms with Crippen molar-refractivity contribution < 1.29 is 9.53 Å². The highest BCUT2D eigenvalue weighted by atomic mass is 35.5. The largest absolute Gasteiger partial charge is 0.481 e. The Morgan fingerprint density at radius 2 is 1.58 bits per heavy atom. The van der Waals surface area contributed by atoms with Crippen LogP contribution in [0.25, 0.3) is 0 Å². The van der Waals surface area contributed by atoms with Crippen LogP contribution >= 0.6 is 11.6 Å². The first-order valence-corrected chi connectivity index (χ1v) is 13.5. The molecule has 0 radical (unpaired) electrons. The van der Waals surface area contributed by atoms with Crippen LogP contribution in [0.4, 0.5) is 0 Å². The van der Waals surface area contributed by atoms with Gasteiger partial charge in [-0.2, -0.15) is 0 Å². The minimum Gasteiger partial charge on any atom is -0.481 e. The predicted octanol–water partition coefficient (Wildman–Crippen LogP) is 6.36.